The van der Waals surface area contributed by atoms with Crippen LogP contribution in [-0.2, 0) is 9.53 Å². The van der Waals surface area contributed by atoms with Crippen molar-refractivity contribution in [3.63, 3.8) is 0 Å². The summed E-state index contributed by atoms with van der Waals surface area (Å²) in [6.45, 7) is 0. The number of carbonyl (C=O) groups is 3. The van der Waals surface area contributed by atoms with Gasteiger partial charge in [-0.3, -0.25) is 14.9 Å². The van der Waals surface area contributed by atoms with E-state index in [0.29, 0.717) is 20.6 Å². The molecule has 2 N–H and O–H groups in total. The zero-order valence-electron chi connectivity index (χ0n) is 15.8. The average molecular weight is 497 g/mol. The van der Waals surface area contributed by atoms with Crippen LogP contribution in [-0.4, -0.2) is 40.8 Å². The lowest BCUT2D eigenvalue weighted by atomic mass is 10.2. The van der Waals surface area contributed by atoms with E-state index in [4.69, 9.17) is 23.2 Å². The normalized spacial score (nSPS) is 10.4. The summed E-state index contributed by atoms with van der Waals surface area (Å²) in [5, 5.41) is 14.1. The Morgan fingerprint density at radius 3 is 2.52 bits per heavy atom. The number of nitrogens with one attached hydrogen (secondary N) is 2. The van der Waals surface area contributed by atoms with Crippen molar-refractivity contribution in [2.75, 3.05) is 23.5 Å². The third-order valence-electron chi connectivity index (χ3n) is 3.72. The van der Waals surface area contributed by atoms with E-state index in [1.165, 1.54) is 31.0 Å². The molecule has 2 amide bonds. The van der Waals surface area contributed by atoms with E-state index in [1.807, 2.05) is 0 Å². The lowest BCUT2D eigenvalue weighted by Crippen LogP contribution is -2.14. The highest BCUT2D eigenvalue weighted by Gasteiger charge is 2.15. The summed E-state index contributed by atoms with van der Waals surface area (Å²) in [6.07, 6.45) is 0. The van der Waals surface area contributed by atoms with E-state index < -0.39 is 11.9 Å². The van der Waals surface area contributed by atoms with Crippen LogP contribution < -0.4 is 10.6 Å². The van der Waals surface area contributed by atoms with Crippen LogP contribution in [0.3, 0.4) is 0 Å². The Balaban J connectivity index is 1.51. The molecule has 8 nitrogen and oxygen atoms in total. The summed E-state index contributed by atoms with van der Waals surface area (Å²) in [7, 11) is 1.30. The maximum Gasteiger partial charge on any atom is 0.337 e. The molecule has 1 heterocycles. The monoisotopic (exact) mass is 496 g/mol. The quantitative estimate of drug-likeness (QED) is 0.279. The molecule has 0 atom stereocenters. The molecule has 3 aromatic rings. The van der Waals surface area contributed by atoms with Gasteiger partial charge >= 0.3 is 5.97 Å². The van der Waals surface area contributed by atoms with Gasteiger partial charge in [0.2, 0.25) is 11.0 Å². The first-order valence-corrected chi connectivity index (χ1v) is 11.1. The van der Waals surface area contributed by atoms with Crippen molar-refractivity contribution >= 4 is 74.9 Å². The molecular weight excluding hydrogens is 483 g/mol. The van der Waals surface area contributed by atoms with Gasteiger partial charge < -0.3 is 10.1 Å². The number of aromatic nitrogens is 2. The SMILES string of the molecule is COC(=O)c1ccc(NC(=O)CSc2nnc(NC(=O)c3cc(Cl)ccc3Cl)s2)cc1. The number of rotatable bonds is 7. The van der Waals surface area contributed by atoms with Gasteiger partial charge in [0.25, 0.3) is 5.91 Å². The zero-order chi connectivity index (χ0) is 22.4. The molecule has 0 saturated carbocycles. The summed E-state index contributed by atoms with van der Waals surface area (Å²) in [4.78, 5) is 35.9. The highest BCUT2D eigenvalue weighted by molar-refractivity contribution is 8.01. The predicted octanol–water partition coefficient (Wildman–Crippen LogP) is 4.61. The van der Waals surface area contributed by atoms with Crippen LogP contribution in [0.2, 0.25) is 10.0 Å². The minimum absolute atomic E-state index is 0.0848. The Hall–Kier alpha value is -2.66. The largest absolute Gasteiger partial charge is 0.465 e. The van der Waals surface area contributed by atoms with E-state index in [2.05, 4.69) is 25.6 Å². The first-order chi connectivity index (χ1) is 14.9. The van der Waals surface area contributed by atoms with Crippen molar-refractivity contribution in [2.45, 2.75) is 4.34 Å². The molecule has 0 aliphatic heterocycles. The van der Waals surface area contributed by atoms with Crippen LogP contribution in [0.15, 0.2) is 46.8 Å². The van der Waals surface area contributed by atoms with Gasteiger partial charge in [0.05, 0.1) is 29.0 Å². The highest BCUT2D eigenvalue weighted by atomic mass is 35.5. The zero-order valence-corrected chi connectivity index (χ0v) is 19.0. The number of methoxy groups -OCH3 is 1. The molecule has 31 heavy (non-hydrogen) atoms. The van der Waals surface area contributed by atoms with Crippen LogP contribution in [0, 0.1) is 0 Å². The molecule has 1 aromatic heterocycles. The second-order valence-electron chi connectivity index (χ2n) is 5.86. The van der Waals surface area contributed by atoms with Crippen molar-refractivity contribution < 1.29 is 19.1 Å². The van der Waals surface area contributed by atoms with Crippen molar-refractivity contribution in [3.8, 4) is 0 Å². The number of halogens is 2. The minimum atomic E-state index is -0.464. The summed E-state index contributed by atoms with van der Waals surface area (Å²) >= 11 is 14.2. The van der Waals surface area contributed by atoms with Crippen molar-refractivity contribution in [1.82, 2.24) is 10.2 Å². The molecule has 0 spiro atoms. The number of carbonyl (C=O) groups excluding carboxylic acids is 3. The Bertz CT molecular complexity index is 1120. The maximum atomic E-state index is 12.3. The molecule has 0 radical (unpaired) electrons. The Labute approximate surface area is 195 Å². The van der Waals surface area contributed by atoms with Gasteiger partial charge in [0, 0.05) is 10.7 Å². The van der Waals surface area contributed by atoms with Crippen LogP contribution in [0.5, 0.6) is 0 Å². The fraction of sp³-hybridized carbons (Fsp3) is 0.105. The predicted molar refractivity (Wildman–Crippen MR) is 121 cm³/mol. The van der Waals surface area contributed by atoms with Crippen LogP contribution in [0.1, 0.15) is 20.7 Å². The number of esters is 1. The molecule has 3 rings (SSSR count). The third kappa shape index (κ3) is 6.41. The van der Waals surface area contributed by atoms with Crippen molar-refractivity contribution in [2.24, 2.45) is 0 Å². The second-order valence-corrected chi connectivity index (χ2v) is 8.90. The first kappa shape index (κ1) is 23.0. The molecule has 0 fully saturated rings. The van der Waals surface area contributed by atoms with Crippen LogP contribution in [0.4, 0.5) is 10.8 Å². The van der Waals surface area contributed by atoms with Crippen molar-refractivity contribution in [1.29, 1.82) is 0 Å². The number of ether oxygens (including phenoxy) is 1. The molecule has 0 unspecified atom stereocenters. The van der Waals surface area contributed by atoms with Gasteiger partial charge in [-0.25, -0.2) is 4.79 Å². The lowest BCUT2D eigenvalue weighted by Gasteiger charge is -2.05. The number of thioether (sulfide) groups is 1. The number of hydrogen-bond acceptors (Lipinski definition) is 8. The summed E-state index contributed by atoms with van der Waals surface area (Å²) < 4.78 is 5.13. The first-order valence-electron chi connectivity index (χ1n) is 8.56. The van der Waals surface area contributed by atoms with Gasteiger partial charge in [0.15, 0.2) is 4.34 Å². The van der Waals surface area contributed by atoms with Gasteiger partial charge in [0.1, 0.15) is 0 Å². The van der Waals surface area contributed by atoms with Crippen molar-refractivity contribution in [3.05, 3.63) is 63.6 Å². The molecule has 160 valence electrons. The molecular formula is C19H14Cl2N4O4S2. The van der Waals surface area contributed by atoms with E-state index in [-0.39, 0.29) is 27.4 Å². The molecule has 12 heteroatoms. The van der Waals surface area contributed by atoms with Crippen LogP contribution in [0.25, 0.3) is 0 Å². The molecule has 0 aliphatic rings. The van der Waals surface area contributed by atoms with Gasteiger partial charge in [-0.05, 0) is 42.5 Å². The number of hydrogen-bond donors (Lipinski definition) is 2. The smallest absolute Gasteiger partial charge is 0.337 e. The Morgan fingerprint density at radius 1 is 1.06 bits per heavy atom. The summed E-state index contributed by atoms with van der Waals surface area (Å²) in [6, 6.07) is 10.9. The lowest BCUT2D eigenvalue weighted by molar-refractivity contribution is -0.113. The highest BCUT2D eigenvalue weighted by Crippen LogP contribution is 2.27. The second kappa shape index (κ2) is 10.6. The summed E-state index contributed by atoms with van der Waals surface area (Å²) in [5.41, 5.74) is 1.15. The number of anilines is 2. The molecule has 0 bridgehead atoms. The third-order valence-corrected chi connectivity index (χ3v) is 6.25. The van der Waals surface area contributed by atoms with E-state index in [9.17, 15) is 14.4 Å². The molecule has 2 aromatic carbocycles. The van der Waals surface area contributed by atoms with Gasteiger partial charge in [-0.2, -0.15) is 0 Å². The molecule has 0 saturated heterocycles. The van der Waals surface area contributed by atoms with Gasteiger partial charge in [-0.15, -0.1) is 10.2 Å². The number of amides is 2. The summed E-state index contributed by atoms with van der Waals surface area (Å²) in [5.74, 6) is -1.09. The minimum Gasteiger partial charge on any atom is -0.465 e. The topological polar surface area (TPSA) is 110 Å². The fourth-order valence-electron chi connectivity index (χ4n) is 2.29. The molecule has 0 aliphatic carbocycles. The average Bonchev–Trinajstić information content (AvgIpc) is 3.21. The van der Waals surface area contributed by atoms with E-state index in [1.54, 1.807) is 30.3 Å². The number of benzene rings is 2. The van der Waals surface area contributed by atoms with Crippen LogP contribution >= 0.6 is 46.3 Å². The maximum absolute atomic E-state index is 12.3. The van der Waals surface area contributed by atoms with E-state index in [0.717, 1.165) is 11.3 Å². The Morgan fingerprint density at radius 2 is 1.81 bits per heavy atom. The number of nitrogens with zero attached hydrogens (tertiary/aromatic N) is 2. The Kier molecular flexibility index (Phi) is 7.85. The van der Waals surface area contributed by atoms with Gasteiger partial charge in [-0.1, -0.05) is 46.3 Å². The standard InChI is InChI=1S/C19H14Cl2N4O4S2/c1-29-17(28)10-2-5-12(6-3-10)22-15(26)9-30-19-25-24-18(31-19)23-16(27)13-8-11(20)4-7-14(13)21/h2-8H,9H2,1H3,(H,22,26)(H,23,24,27). The fourth-order valence-corrected chi connectivity index (χ4v) is 4.21. The van der Waals surface area contributed by atoms with E-state index >= 15 is 0 Å².